The lowest BCUT2D eigenvalue weighted by atomic mass is 10.2. The van der Waals surface area contributed by atoms with E-state index in [9.17, 15) is 4.79 Å². The fraction of sp³-hybridized carbons (Fsp3) is 0.571. The van der Waals surface area contributed by atoms with Gasteiger partial charge >= 0.3 is 0 Å². The van der Waals surface area contributed by atoms with Crippen molar-refractivity contribution in [1.82, 2.24) is 15.2 Å². The van der Waals surface area contributed by atoms with Crippen LogP contribution >= 0.6 is 0 Å². The van der Waals surface area contributed by atoms with E-state index in [1.165, 1.54) is 0 Å². The monoisotopic (exact) mass is 278 g/mol. The molecule has 1 fully saturated rings. The van der Waals surface area contributed by atoms with Crippen molar-refractivity contribution >= 4 is 11.7 Å². The van der Waals surface area contributed by atoms with Gasteiger partial charge in [0, 0.05) is 26.7 Å². The number of ether oxygens (including phenoxy) is 1. The Morgan fingerprint density at radius 2 is 2.40 bits per heavy atom. The van der Waals surface area contributed by atoms with Crippen molar-refractivity contribution < 1.29 is 9.53 Å². The van der Waals surface area contributed by atoms with Crippen LogP contribution in [0, 0.1) is 0 Å². The molecule has 6 nitrogen and oxygen atoms in total. The van der Waals surface area contributed by atoms with Crippen LogP contribution in [0.4, 0.5) is 5.82 Å². The quantitative estimate of drug-likeness (QED) is 0.824. The molecule has 0 aliphatic carbocycles. The lowest BCUT2D eigenvalue weighted by Gasteiger charge is -2.32. The Balaban J connectivity index is 1.85. The largest absolute Gasteiger partial charge is 0.374 e. The summed E-state index contributed by atoms with van der Waals surface area (Å²) in [7, 11) is 1.78. The van der Waals surface area contributed by atoms with E-state index in [2.05, 4.69) is 27.4 Å². The molecule has 1 atom stereocenters. The predicted molar refractivity (Wildman–Crippen MR) is 78.0 cm³/mol. The average molecular weight is 278 g/mol. The Morgan fingerprint density at radius 3 is 3.15 bits per heavy atom. The highest BCUT2D eigenvalue weighted by Crippen LogP contribution is 2.06. The molecule has 1 saturated heterocycles. The first-order chi connectivity index (χ1) is 9.72. The summed E-state index contributed by atoms with van der Waals surface area (Å²) in [6.07, 6.45) is 0.0557. The molecule has 20 heavy (non-hydrogen) atoms. The molecule has 2 N–H and O–H groups in total. The first kappa shape index (κ1) is 14.7. The van der Waals surface area contributed by atoms with Gasteiger partial charge in [0.15, 0.2) is 0 Å². The molecule has 2 heterocycles. The number of amides is 1. The van der Waals surface area contributed by atoms with Gasteiger partial charge in [0.25, 0.3) is 5.91 Å². The van der Waals surface area contributed by atoms with Crippen LogP contribution in [0.5, 0.6) is 0 Å². The number of aromatic nitrogens is 1. The van der Waals surface area contributed by atoms with Crippen LogP contribution in [-0.4, -0.2) is 61.7 Å². The second kappa shape index (κ2) is 7.21. The number of hydrogen-bond acceptors (Lipinski definition) is 5. The minimum absolute atomic E-state index is 0.0557. The third-order valence-electron chi connectivity index (χ3n) is 3.40. The first-order valence-electron chi connectivity index (χ1n) is 7.00. The third-order valence-corrected chi connectivity index (χ3v) is 3.40. The van der Waals surface area contributed by atoms with Gasteiger partial charge in [0.05, 0.1) is 12.7 Å². The number of nitrogens with one attached hydrogen (secondary N) is 2. The lowest BCUT2D eigenvalue weighted by molar-refractivity contribution is -0.0246. The van der Waals surface area contributed by atoms with Crippen LogP contribution < -0.4 is 10.6 Å². The molecule has 0 radical (unpaired) electrons. The first-order valence-corrected chi connectivity index (χ1v) is 7.00. The highest BCUT2D eigenvalue weighted by atomic mass is 16.5. The second-order valence-electron chi connectivity index (χ2n) is 4.75. The summed E-state index contributed by atoms with van der Waals surface area (Å²) in [5, 5.41) is 5.80. The van der Waals surface area contributed by atoms with Gasteiger partial charge in [-0.1, -0.05) is 13.0 Å². The number of nitrogens with zero attached hydrogens (tertiary/aromatic N) is 2. The number of anilines is 1. The number of likely N-dealkylation sites (N-methyl/N-ethyl adjacent to an activating group) is 1. The molecule has 0 aromatic carbocycles. The van der Waals surface area contributed by atoms with Crippen molar-refractivity contribution in [1.29, 1.82) is 0 Å². The number of hydrogen-bond donors (Lipinski definition) is 2. The fourth-order valence-electron chi connectivity index (χ4n) is 2.19. The minimum Gasteiger partial charge on any atom is -0.374 e. The third kappa shape index (κ3) is 3.91. The second-order valence-corrected chi connectivity index (χ2v) is 4.75. The van der Waals surface area contributed by atoms with E-state index in [0.29, 0.717) is 18.1 Å². The minimum atomic E-state index is -0.167. The molecule has 0 saturated carbocycles. The maximum absolute atomic E-state index is 12.0. The van der Waals surface area contributed by atoms with Crippen molar-refractivity contribution in [2.75, 3.05) is 45.2 Å². The molecular formula is C14H22N4O2. The van der Waals surface area contributed by atoms with Crippen LogP contribution in [0.15, 0.2) is 18.2 Å². The number of morpholine rings is 1. The molecule has 110 valence electrons. The summed E-state index contributed by atoms with van der Waals surface area (Å²) in [5.74, 6) is 0.517. The molecule has 0 bridgehead atoms. The van der Waals surface area contributed by atoms with Crippen LogP contribution in [0.25, 0.3) is 0 Å². The van der Waals surface area contributed by atoms with Gasteiger partial charge in [-0.3, -0.25) is 9.69 Å². The summed E-state index contributed by atoms with van der Waals surface area (Å²) < 4.78 is 5.65. The predicted octanol–water partition coefficient (Wildman–Crippen LogP) is 0.574. The topological polar surface area (TPSA) is 66.5 Å². The van der Waals surface area contributed by atoms with Crippen molar-refractivity contribution in [3.8, 4) is 0 Å². The van der Waals surface area contributed by atoms with E-state index in [1.54, 1.807) is 13.1 Å². The van der Waals surface area contributed by atoms with Crippen LogP contribution in [0.2, 0.25) is 0 Å². The summed E-state index contributed by atoms with van der Waals surface area (Å²) in [6.45, 7) is 6.21. The molecule has 1 aliphatic heterocycles. The fourth-order valence-corrected chi connectivity index (χ4v) is 2.19. The SMILES string of the molecule is CCN1CCOC(CNC(=O)c2cccc(NC)n2)C1. The van der Waals surface area contributed by atoms with Crippen molar-refractivity contribution in [3.05, 3.63) is 23.9 Å². The number of pyridine rings is 1. The molecule has 1 aliphatic rings. The Hall–Kier alpha value is -1.66. The van der Waals surface area contributed by atoms with Gasteiger partial charge in [-0.15, -0.1) is 0 Å². The van der Waals surface area contributed by atoms with Gasteiger partial charge in [0.2, 0.25) is 0 Å². The van der Waals surface area contributed by atoms with E-state index in [-0.39, 0.29) is 12.0 Å². The number of carbonyl (C=O) groups is 1. The standard InChI is InChI=1S/C14H22N4O2/c1-3-18-7-8-20-11(10-18)9-16-14(19)12-5-4-6-13(15-2)17-12/h4-6,11H,3,7-10H2,1-2H3,(H,15,17)(H,16,19). The van der Waals surface area contributed by atoms with E-state index >= 15 is 0 Å². The molecule has 1 amide bonds. The van der Waals surface area contributed by atoms with E-state index in [1.807, 2.05) is 12.1 Å². The van der Waals surface area contributed by atoms with Crippen LogP contribution in [0.3, 0.4) is 0 Å². The molecule has 1 aromatic rings. The van der Waals surface area contributed by atoms with Crippen molar-refractivity contribution in [2.45, 2.75) is 13.0 Å². The zero-order valence-electron chi connectivity index (χ0n) is 12.1. The maximum Gasteiger partial charge on any atom is 0.270 e. The smallest absolute Gasteiger partial charge is 0.270 e. The number of rotatable bonds is 5. The van der Waals surface area contributed by atoms with E-state index in [4.69, 9.17) is 4.74 Å². The van der Waals surface area contributed by atoms with Gasteiger partial charge in [0.1, 0.15) is 11.5 Å². The van der Waals surface area contributed by atoms with Gasteiger partial charge in [-0.2, -0.15) is 0 Å². The summed E-state index contributed by atoms with van der Waals surface area (Å²) >= 11 is 0. The highest BCUT2D eigenvalue weighted by molar-refractivity contribution is 5.92. The summed E-state index contributed by atoms with van der Waals surface area (Å²) in [6, 6.07) is 5.33. The molecular weight excluding hydrogens is 256 g/mol. The van der Waals surface area contributed by atoms with E-state index < -0.39 is 0 Å². The molecule has 6 heteroatoms. The molecule has 1 unspecified atom stereocenters. The van der Waals surface area contributed by atoms with Crippen LogP contribution in [-0.2, 0) is 4.74 Å². The molecule has 2 rings (SSSR count). The lowest BCUT2D eigenvalue weighted by Crippen LogP contribution is -2.47. The summed E-state index contributed by atoms with van der Waals surface area (Å²) in [5.41, 5.74) is 0.417. The average Bonchev–Trinajstić information content (AvgIpc) is 2.52. The zero-order chi connectivity index (χ0) is 14.4. The summed E-state index contributed by atoms with van der Waals surface area (Å²) in [4.78, 5) is 18.6. The Kier molecular flexibility index (Phi) is 5.31. The normalized spacial score (nSPS) is 19.6. The Bertz CT molecular complexity index is 453. The Labute approximate surface area is 119 Å². The molecule has 0 spiro atoms. The zero-order valence-corrected chi connectivity index (χ0v) is 12.1. The van der Waals surface area contributed by atoms with Crippen molar-refractivity contribution in [3.63, 3.8) is 0 Å². The van der Waals surface area contributed by atoms with Gasteiger partial charge in [-0.25, -0.2) is 4.98 Å². The number of carbonyl (C=O) groups excluding carboxylic acids is 1. The van der Waals surface area contributed by atoms with Crippen molar-refractivity contribution in [2.24, 2.45) is 0 Å². The highest BCUT2D eigenvalue weighted by Gasteiger charge is 2.20. The van der Waals surface area contributed by atoms with Gasteiger partial charge in [-0.05, 0) is 18.7 Å². The van der Waals surface area contributed by atoms with Gasteiger partial charge < -0.3 is 15.4 Å². The maximum atomic E-state index is 12.0. The van der Waals surface area contributed by atoms with Crippen LogP contribution in [0.1, 0.15) is 17.4 Å². The molecule has 1 aromatic heterocycles. The Morgan fingerprint density at radius 1 is 1.55 bits per heavy atom. The van der Waals surface area contributed by atoms with E-state index in [0.717, 1.165) is 26.2 Å².